The third-order valence-electron chi connectivity index (χ3n) is 4.65. The van der Waals surface area contributed by atoms with Crippen LogP contribution in [0.2, 0.25) is 0 Å². The molecule has 1 nitrogen and oxygen atoms in total. The second kappa shape index (κ2) is 7.24. The minimum atomic E-state index is 0.160. The van der Waals surface area contributed by atoms with E-state index in [9.17, 15) is 5.11 Å². The Bertz CT molecular complexity index is 380. The molecule has 3 heteroatoms. The Balaban J connectivity index is 1.90. The maximum absolute atomic E-state index is 9.86. The Labute approximate surface area is 129 Å². The van der Waals surface area contributed by atoms with Crippen molar-refractivity contribution in [1.29, 1.82) is 0 Å². The van der Waals surface area contributed by atoms with E-state index in [1.54, 1.807) is 0 Å². The first-order chi connectivity index (χ1) is 9.17. The molecular weight excluding hydrogens is 320 g/mol. The first-order valence-corrected chi connectivity index (χ1v) is 9.13. The minimum absolute atomic E-state index is 0.160. The molecule has 108 valence electrons. The zero-order valence-corrected chi connectivity index (χ0v) is 14.2. The predicted octanol–water partition coefficient (Wildman–Crippen LogP) is 5.41. The molecule has 1 fully saturated rings. The van der Waals surface area contributed by atoms with Gasteiger partial charge in [0, 0.05) is 11.5 Å². The van der Waals surface area contributed by atoms with Gasteiger partial charge in [0.05, 0.1) is 3.79 Å². The zero-order valence-electron chi connectivity index (χ0n) is 11.8. The minimum Gasteiger partial charge on any atom is -0.396 e. The quantitative estimate of drug-likeness (QED) is 0.731. The fourth-order valence-electron chi connectivity index (χ4n) is 3.28. The van der Waals surface area contributed by atoms with Crippen molar-refractivity contribution in [2.75, 3.05) is 6.61 Å². The Kier molecular flexibility index (Phi) is 5.91. The topological polar surface area (TPSA) is 20.2 Å². The molecule has 0 radical (unpaired) electrons. The molecule has 1 saturated carbocycles. The molecule has 0 amide bonds. The van der Waals surface area contributed by atoms with Crippen molar-refractivity contribution in [2.24, 2.45) is 11.3 Å². The lowest BCUT2D eigenvalue weighted by molar-refractivity contribution is 0.0628. The van der Waals surface area contributed by atoms with E-state index in [2.05, 4.69) is 35.0 Å². The van der Waals surface area contributed by atoms with Gasteiger partial charge in [-0.2, -0.15) is 0 Å². The van der Waals surface area contributed by atoms with Crippen LogP contribution in [-0.4, -0.2) is 11.7 Å². The number of thiophene rings is 1. The standard InChI is InChI=1S/C16H25BrOS/c1-2-3-4-13-7-9-16(12-18,10-8-13)11-14-5-6-15(17)19-14/h5-6,13,18H,2-4,7-12H2,1H3. The van der Waals surface area contributed by atoms with Crippen LogP contribution in [0.1, 0.15) is 56.7 Å². The van der Waals surface area contributed by atoms with E-state index >= 15 is 0 Å². The highest BCUT2D eigenvalue weighted by molar-refractivity contribution is 9.11. The van der Waals surface area contributed by atoms with Crippen LogP contribution in [0.25, 0.3) is 0 Å². The van der Waals surface area contributed by atoms with Crippen LogP contribution >= 0.6 is 27.3 Å². The van der Waals surface area contributed by atoms with Crippen molar-refractivity contribution >= 4 is 27.3 Å². The van der Waals surface area contributed by atoms with E-state index in [0.717, 1.165) is 12.3 Å². The van der Waals surface area contributed by atoms with Crippen molar-refractivity contribution in [3.63, 3.8) is 0 Å². The lowest BCUT2D eigenvalue weighted by atomic mass is 9.68. The number of aliphatic hydroxyl groups excluding tert-OH is 1. The van der Waals surface area contributed by atoms with Gasteiger partial charge >= 0.3 is 0 Å². The molecule has 1 N–H and O–H groups in total. The Morgan fingerprint density at radius 2 is 2.11 bits per heavy atom. The number of hydrogen-bond acceptors (Lipinski definition) is 2. The summed E-state index contributed by atoms with van der Waals surface area (Å²) in [6.45, 7) is 2.62. The summed E-state index contributed by atoms with van der Waals surface area (Å²) in [7, 11) is 0. The van der Waals surface area contributed by atoms with E-state index < -0.39 is 0 Å². The Hall–Kier alpha value is 0.140. The molecule has 0 aliphatic heterocycles. The SMILES string of the molecule is CCCCC1CCC(CO)(Cc2ccc(Br)s2)CC1. The van der Waals surface area contributed by atoms with Crippen molar-refractivity contribution in [3.05, 3.63) is 20.8 Å². The highest BCUT2D eigenvalue weighted by Gasteiger charge is 2.35. The summed E-state index contributed by atoms with van der Waals surface area (Å²) in [5.74, 6) is 0.912. The molecule has 1 heterocycles. The van der Waals surface area contributed by atoms with Gasteiger partial charge in [-0.1, -0.05) is 26.2 Å². The van der Waals surface area contributed by atoms with Crippen LogP contribution in [0.4, 0.5) is 0 Å². The molecule has 19 heavy (non-hydrogen) atoms. The van der Waals surface area contributed by atoms with Gasteiger partial charge in [0.25, 0.3) is 0 Å². The van der Waals surface area contributed by atoms with Gasteiger partial charge < -0.3 is 5.11 Å². The Morgan fingerprint density at radius 3 is 2.63 bits per heavy atom. The van der Waals surface area contributed by atoms with Crippen LogP contribution in [0.3, 0.4) is 0 Å². The molecule has 1 aliphatic carbocycles. The normalized spacial score (nSPS) is 27.6. The fourth-order valence-corrected chi connectivity index (χ4v) is 4.94. The summed E-state index contributed by atoms with van der Waals surface area (Å²) in [6.07, 6.45) is 10.2. The maximum Gasteiger partial charge on any atom is 0.0701 e. The summed E-state index contributed by atoms with van der Waals surface area (Å²) in [4.78, 5) is 1.41. The fraction of sp³-hybridized carbons (Fsp3) is 0.750. The van der Waals surface area contributed by atoms with E-state index in [1.807, 2.05) is 11.3 Å². The summed E-state index contributed by atoms with van der Waals surface area (Å²) >= 11 is 5.35. The summed E-state index contributed by atoms with van der Waals surface area (Å²) < 4.78 is 1.20. The van der Waals surface area contributed by atoms with E-state index in [1.165, 1.54) is 53.6 Å². The molecule has 0 spiro atoms. The van der Waals surface area contributed by atoms with E-state index in [-0.39, 0.29) is 5.41 Å². The van der Waals surface area contributed by atoms with Crippen molar-refractivity contribution < 1.29 is 5.11 Å². The number of unbranched alkanes of at least 4 members (excludes halogenated alkanes) is 1. The number of halogens is 1. The van der Waals surface area contributed by atoms with Gasteiger partial charge in [0.1, 0.15) is 0 Å². The van der Waals surface area contributed by atoms with Gasteiger partial charge in [0.2, 0.25) is 0 Å². The third kappa shape index (κ3) is 4.30. The van der Waals surface area contributed by atoms with Gasteiger partial charge in [-0.3, -0.25) is 0 Å². The lowest BCUT2D eigenvalue weighted by Gasteiger charge is -2.39. The highest BCUT2D eigenvalue weighted by Crippen LogP contribution is 2.43. The number of aliphatic hydroxyl groups is 1. The van der Waals surface area contributed by atoms with Crippen molar-refractivity contribution in [3.8, 4) is 0 Å². The van der Waals surface area contributed by atoms with Crippen molar-refractivity contribution in [2.45, 2.75) is 58.3 Å². The van der Waals surface area contributed by atoms with Gasteiger partial charge in [-0.25, -0.2) is 0 Å². The molecule has 1 aromatic rings. The molecule has 0 unspecified atom stereocenters. The lowest BCUT2D eigenvalue weighted by Crippen LogP contribution is -2.33. The number of hydrogen-bond donors (Lipinski definition) is 1. The summed E-state index contributed by atoms with van der Waals surface area (Å²) in [5, 5.41) is 9.86. The van der Waals surface area contributed by atoms with Crippen molar-refractivity contribution in [1.82, 2.24) is 0 Å². The van der Waals surface area contributed by atoms with Crippen LogP contribution in [0.5, 0.6) is 0 Å². The predicted molar refractivity (Wildman–Crippen MR) is 86.7 cm³/mol. The van der Waals surface area contributed by atoms with Crippen LogP contribution in [-0.2, 0) is 6.42 Å². The van der Waals surface area contributed by atoms with Crippen LogP contribution in [0, 0.1) is 11.3 Å². The summed E-state index contributed by atoms with van der Waals surface area (Å²) in [5.41, 5.74) is 0.160. The molecular formula is C16H25BrOS. The molecule has 0 atom stereocenters. The maximum atomic E-state index is 9.86. The molecule has 1 aromatic heterocycles. The van der Waals surface area contributed by atoms with E-state index in [0.29, 0.717) is 6.61 Å². The first-order valence-electron chi connectivity index (χ1n) is 7.52. The summed E-state index contributed by atoms with van der Waals surface area (Å²) in [6, 6.07) is 4.33. The number of rotatable bonds is 6. The third-order valence-corrected chi connectivity index (χ3v) is 6.27. The monoisotopic (exact) mass is 344 g/mol. The molecule has 0 aromatic carbocycles. The average Bonchev–Trinajstić information content (AvgIpc) is 2.83. The second-order valence-electron chi connectivity index (χ2n) is 6.13. The van der Waals surface area contributed by atoms with Crippen LogP contribution < -0.4 is 0 Å². The smallest absolute Gasteiger partial charge is 0.0701 e. The largest absolute Gasteiger partial charge is 0.396 e. The second-order valence-corrected chi connectivity index (χ2v) is 8.67. The molecule has 1 aliphatic rings. The molecule has 2 rings (SSSR count). The first kappa shape index (κ1) is 15.5. The average molecular weight is 345 g/mol. The van der Waals surface area contributed by atoms with E-state index in [4.69, 9.17) is 0 Å². The zero-order chi connectivity index (χ0) is 13.7. The van der Waals surface area contributed by atoms with Gasteiger partial charge in [0.15, 0.2) is 0 Å². The van der Waals surface area contributed by atoms with Crippen LogP contribution in [0.15, 0.2) is 15.9 Å². The highest BCUT2D eigenvalue weighted by atomic mass is 79.9. The van der Waals surface area contributed by atoms with Gasteiger partial charge in [-0.15, -0.1) is 11.3 Å². The Morgan fingerprint density at radius 1 is 1.37 bits per heavy atom. The molecule has 0 saturated heterocycles. The van der Waals surface area contributed by atoms with Gasteiger partial charge in [-0.05, 0) is 71.5 Å². The molecule has 0 bridgehead atoms.